The van der Waals surface area contributed by atoms with E-state index in [0.29, 0.717) is 13.1 Å². The van der Waals surface area contributed by atoms with Gasteiger partial charge in [0, 0.05) is 26.3 Å². The molecule has 28 heavy (non-hydrogen) atoms. The van der Waals surface area contributed by atoms with Crippen LogP contribution < -0.4 is 5.32 Å². The van der Waals surface area contributed by atoms with E-state index in [1.165, 1.54) is 5.56 Å². The van der Waals surface area contributed by atoms with Gasteiger partial charge in [-0.15, -0.1) is 0 Å². The van der Waals surface area contributed by atoms with Crippen LogP contribution in [-0.2, 0) is 16.0 Å². The predicted octanol–water partition coefficient (Wildman–Crippen LogP) is 3.02. The Morgan fingerprint density at radius 2 is 1.79 bits per heavy atom. The van der Waals surface area contributed by atoms with E-state index in [9.17, 15) is 9.59 Å². The molecule has 0 aromatic heterocycles. The lowest BCUT2D eigenvalue weighted by molar-refractivity contribution is -0.135. The molecule has 1 saturated heterocycles. The number of likely N-dealkylation sites (tertiary alicyclic amines) is 1. The van der Waals surface area contributed by atoms with Crippen LogP contribution >= 0.6 is 0 Å². The molecule has 0 spiro atoms. The third-order valence-corrected chi connectivity index (χ3v) is 5.19. The van der Waals surface area contributed by atoms with Crippen LogP contribution in [0.1, 0.15) is 24.0 Å². The number of nitrogens with one attached hydrogen (secondary N) is 1. The molecule has 148 valence electrons. The fourth-order valence-corrected chi connectivity index (χ4v) is 3.77. The SMILES string of the molecule is CN(C)C(=O)C1CCCN(CC(=O)Nc2ccccc2Cc2ccccc2)C1. The number of amides is 2. The number of piperidine rings is 1. The van der Waals surface area contributed by atoms with Gasteiger partial charge in [-0.05, 0) is 43.0 Å². The van der Waals surface area contributed by atoms with Crippen molar-refractivity contribution >= 4 is 17.5 Å². The highest BCUT2D eigenvalue weighted by molar-refractivity contribution is 5.93. The quantitative estimate of drug-likeness (QED) is 0.839. The maximum atomic E-state index is 12.6. The van der Waals surface area contributed by atoms with Crippen molar-refractivity contribution in [3.8, 4) is 0 Å². The van der Waals surface area contributed by atoms with Gasteiger partial charge in [0.05, 0.1) is 12.5 Å². The monoisotopic (exact) mass is 379 g/mol. The molecule has 1 fully saturated rings. The molecule has 0 aliphatic carbocycles. The summed E-state index contributed by atoms with van der Waals surface area (Å²) < 4.78 is 0. The van der Waals surface area contributed by atoms with Gasteiger partial charge in [-0.25, -0.2) is 0 Å². The smallest absolute Gasteiger partial charge is 0.238 e. The fraction of sp³-hybridized carbons (Fsp3) is 0.391. The Hall–Kier alpha value is -2.66. The molecule has 1 unspecified atom stereocenters. The van der Waals surface area contributed by atoms with Gasteiger partial charge in [-0.3, -0.25) is 14.5 Å². The number of nitrogens with zero attached hydrogens (tertiary/aromatic N) is 2. The maximum absolute atomic E-state index is 12.6. The molecule has 2 aromatic rings. The van der Waals surface area contributed by atoms with Crippen molar-refractivity contribution in [3.05, 3.63) is 65.7 Å². The Balaban J connectivity index is 1.60. The molecule has 1 atom stereocenters. The number of benzene rings is 2. The van der Waals surface area contributed by atoms with E-state index < -0.39 is 0 Å². The topological polar surface area (TPSA) is 52.7 Å². The standard InChI is InChI=1S/C23H29N3O2/c1-25(2)23(28)20-12-8-14-26(16-20)17-22(27)24-21-13-7-6-11-19(21)15-18-9-4-3-5-10-18/h3-7,9-11,13,20H,8,12,14-17H2,1-2H3,(H,24,27). The van der Waals surface area contributed by atoms with Gasteiger partial charge in [0.1, 0.15) is 0 Å². The molecule has 0 radical (unpaired) electrons. The molecule has 5 heteroatoms. The first-order chi connectivity index (χ1) is 13.5. The summed E-state index contributed by atoms with van der Waals surface area (Å²) in [6.45, 7) is 1.82. The number of hydrogen-bond acceptors (Lipinski definition) is 3. The number of rotatable bonds is 6. The molecule has 2 aromatic carbocycles. The highest BCUT2D eigenvalue weighted by Gasteiger charge is 2.27. The van der Waals surface area contributed by atoms with Gasteiger partial charge in [0.25, 0.3) is 0 Å². The van der Waals surface area contributed by atoms with Gasteiger partial charge in [-0.2, -0.15) is 0 Å². The zero-order chi connectivity index (χ0) is 19.9. The minimum absolute atomic E-state index is 0.0121. The van der Waals surface area contributed by atoms with Crippen LogP contribution in [0, 0.1) is 5.92 Å². The lowest BCUT2D eigenvalue weighted by Gasteiger charge is -2.32. The van der Waals surface area contributed by atoms with Gasteiger partial charge in [0.15, 0.2) is 0 Å². The highest BCUT2D eigenvalue weighted by atomic mass is 16.2. The van der Waals surface area contributed by atoms with E-state index in [1.807, 2.05) is 36.4 Å². The van der Waals surface area contributed by atoms with Crippen LogP contribution in [0.2, 0.25) is 0 Å². The number of anilines is 1. The second-order valence-electron chi connectivity index (χ2n) is 7.67. The van der Waals surface area contributed by atoms with E-state index in [-0.39, 0.29) is 17.7 Å². The lowest BCUT2D eigenvalue weighted by atomic mass is 9.97. The summed E-state index contributed by atoms with van der Waals surface area (Å²) in [7, 11) is 3.58. The molecule has 1 heterocycles. The number of carbonyl (C=O) groups is 2. The van der Waals surface area contributed by atoms with Gasteiger partial charge in [-0.1, -0.05) is 48.5 Å². The van der Waals surface area contributed by atoms with E-state index in [0.717, 1.165) is 37.1 Å². The van der Waals surface area contributed by atoms with Crippen molar-refractivity contribution in [1.29, 1.82) is 0 Å². The third-order valence-electron chi connectivity index (χ3n) is 5.19. The first-order valence-electron chi connectivity index (χ1n) is 9.88. The Morgan fingerprint density at radius 3 is 2.54 bits per heavy atom. The maximum Gasteiger partial charge on any atom is 0.238 e. The largest absolute Gasteiger partial charge is 0.349 e. The van der Waals surface area contributed by atoms with E-state index in [2.05, 4.69) is 28.4 Å². The molecule has 0 saturated carbocycles. The number of hydrogen-bond donors (Lipinski definition) is 1. The third kappa shape index (κ3) is 5.42. The van der Waals surface area contributed by atoms with Crippen molar-refractivity contribution in [2.24, 2.45) is 5.92 Å². The second kappa shape index (κ2) is 9.51. The first-order valence-corrected chi connectivity index (χ1v) is 9.88. The van der Waals surface area contributed by atoms with Crippen LogP contribution in [0.15, 0.2) is 54.6 Å². The minimum atomic E-state index is -0.0292. The second-order valence-corrected chi connectivity index (χ2v) is 7.67. The molecule has 5 nitrogen and oxygen atoms in total. The minimum Gasteiger partial charge on any atom is -0.349 e. The van der Waals surface area contributed by atoms with E-state index in [1.54, 1.807) is 19.0 Å². The predicted molar refractivity (Wildman–Crippen MR) is 112 cm³/mol. The summed E-state index contributed by atoms with van der Waals surface area (Å²) >= 11 is 0. The normalized spacial score (nSPS) is 17.1. The fourth-order valence-electron chi connectivity index (χ4n) is 3.77. The Labute approximate surface area is 167 Å². The molecule has 1 aliphatic heterocycles. The average molecular weight is 380 g/mol. The molecule has 0 bridgehead atoms. The molecule has 1 aliphatic rings. The Morgan fingerprint density at radius 1 is 1.07 bits per heavy atom. The van der Waals surface area contributed by atoms with Crippen molar-refractivity contribution in [2.45, 2.75) is 19.3 Å². The lowest BCUT2D eigenvalue weighted by Crippen LogP contribution is -2.45. The summed E-state index contributed by atoms with van der Waals surface area (Å²) in [6.07, 6.45) is 2.62. The summed E-state index contributed by atoms with van der Waals surface area (Å²) in [5.41, 5.74) is 3.17. The average Bonchev–Trinajstić information content (AvgIpc) is 2.70. The van der Waals surface area contributed by atoms with Gasteiger partial charge >= 0.3 is 0 Å². The van der Waals surface area contributed by atoms with Crippen molar-refractivity contribution in [2.75, 3.05) is 39.0 Å². The van der Waals surface area contributed by atoms with Crippen molar-refractivity contribution in [1.82, 2.24) is 9.80 Å². The molecule has 3 rings (SSSR count). The zero-order valence-electron chi connectivity index (χ0n) is 16.7. The summed E-state index contributed by atoms with van der Waals surface area (Å²) in [5, 5.41) is 3.07. The number of carbonyl (C=O) groups excluding carboxylic acids is 2. The summed E-state index contributed by atoms with van der Waals surface area (Å²) in [4.78, 5) is 28.6. The van der Waals surface area contributed by atoms with Gasteiger partial charge in [0.2, 0.25) is 11.8 Å². The van der Waals surface area contributed by atoms with Crippen LogP contribution in [0.4, 0.5) is 5.69 Å². The van der Waals surface area contributed by atoms with Crippen LogP contribution in [0.25, 0.3) is 0 Å². The van der Waals surface area contributed by atoms with Crippen LogP contribution in [0.3, 0.4) is 0 Å². The van der Waals surface area contributed by atoms with E-state index >= 15 is 0 Å². The Kier molecular flexibility index (Phi) is 6.82. The molecular formula is C23H29N3O2. The van der Waals surface area contributed by atoms with Gasteiger partial charge < -0.3 is 10.2 Å². The molecule has 2 amide bonds. The molecular weight excluding hydrogens is 350 g/mol. The van der Waals surface area contributed by atoms with Crippen molar-refractivity contribution < 1.29 is 9.59 Å². The first kappa shape index (κ1) is 20.1. The molecule has 1 N–H and O–H groups in total. The van der Waals surface area contributed by atoms with E-state index in [4.69, 9.17) is 0 Å². The highest BCUT2D eigenvalue weighted by Crippen LogP contribution is 2.21. The summed E-state index contributed by atoms with van der Waals surface area (Å²) in [6, 6.07) is 18.2. The zero-order valence-corrected chi connectivity index (χ0v) is 16.7. The van der Waals surface area contributed by atoms with Crippen molar-refractivity contribution in [3.63, 3.8) is 0 Å². The Bertz CT molecular complexity index is 805. The van der Waals surface area contributed by atoms with Crippen LogP contribution in [0.5, 0.6) is 0 Å². The number of para-hydroxylation sites is 1. The van der Waals surface area contributed by atoms with Crippen LogP contribution in [-0.4, -0.2) is 55.3 Å². The summed E-state index contributed by atoms with van der Waals surface area (Å²) in [5.74, 6) is 0.110.